The molecule has 0 bridgehead atoms. The summed E-state index contributed by atoms with van der Waals surface area (Å²) in [6.45, 7) is 3.33. The predicted octanol–water partition coefficient (Wildman–Crippen LogP) is 8.42. The van der Waals surface area contributed by atoms with Crippen LogP contribution in [0.4, 0.5) is 0 Å². The van der Waals surface area contributed by atoms with Crippen LogP contribution in [-0.4, -0.2) is 121 Å². The average molecular weight is 890 g/mol. The van der Waals surface area contributed by atoms with Crippen molar-refractivity contribution in [1.82, 2.24) is 5.32 Å². The SMILES string of the molecule is CCCCCCCCCCCCCCCCCCCCCCC[C@@H](O)[C@@H](O)C(=O)N[C@@H](CO[C@H]1O[C@H](CO)[C@H](O)[C@H](O)[C@H]1O)[C@H](O)[C@H](O)CCCCCCCCCCCCCC. The topological polar surface area (TPSA) is 209 Å². The van der Waals surface area contributed by atoms with Gasteiger partial charge in [0.1, 0.15) is 30.5 Å². The average Bonchev–Trinajstić information content (AvgIpc) is 3.27. The number of hydrogen-bond acceptors (Lipinski definition) is 11. The highest BCUT2D eigenvalue weighted by Gasteiger charge is 2.44. The van der Waals surface area contributed by atoms with Gasteiger partial charge in [0, 0.05) is 0 Å². The number of hydrogen-bond donors (Lipinski definition) is 9. The molecule has 0 spiro atoms. The maximum Gasteiger partial charge on any atom is 0.251 e. The molecule has 0 saturated carbocycles. The molecular weight excluding hydrogens is 791 g/mol. The van der Waals surface area contributed by atoms with Crippen LogP contribution >= 0.6 is 0 Å². The van der Waals surface area contributed by atoms with Crippen LogP contribution in [0.3, 0.4) is 0 Å². The molecule has 0 aromatic carbocycles. The monoisotopic (exact) mass is 890 g/mol. The van der Waals surface area contributed by atoms with Crippen LogP contribution < -0.4 is 5.32 Å². The molecule has 0 aromatic rings. The van der Waals surface area contributed by atoms with Crippen LogP contribution in [0, 0.1) is 0 Å². The summed E-state index contributed by atoms with van der Waals surface area (Å²) in [5.41, 5.74) is 0. The maximum atomic E-state index is 13.2. The van der Waals surface area contributed by atoms with Crippen LogP contribution in [0.25, 0.3) is 0 Å². The van der Waals surface area contributed by atoms with Crippen LogP contribution in [0.1, 0.15) is 239 Å². The Morgan fingerprint density at radius 2 is 0.839 bits per heavy atom. The van der Waals surface area contributed by atoms with Crippen LogP contribution in [0.2, 0.25) is 0 Å². The van der Waals surface area contributed by atoms with Gasteiger partial charge in [0.05, 0.1) is 31.5 Å². The number of aliphatic hydroxyl groups is 8. The Hall–Kier alpha value is -0.930. The number of amides is 1. The summed E-state index contributed by atoms with van der Waals surface area (Å²) >= 11 is 0. The fraction of sp³-hybridized carbons (Fsp3) is 0.980. The minimum Gasteiger partial charge on any atom is -0.394 e. The molecule has 1 rings (SSSR count). The van der Waals surface area contributed by atoms with Gasteiger partial charge in [-0.05, 0) is 12.8 Å². The van der Waals surface area contributed by atoms with Gasteiger partial charge in [-0.3, -0.25) is 4.79 Å². The molecule has 1 saturated heterocycles. The number of ether oxygens (including phenoxy) is 2. The van der Waals surface area contributed by atoms with Gasteiger partial charge in [-0.1, -0.05) is 226 Å². The van der Waals surface area contributed by atoms with E-state index in [1.165, 1.54) is 161 Å². The zero-order chi connectivity index (χ0) is 45.6. The summed E-state index contributed by atoms with van der Waals surface area (Å²) in [6.07, 6.45) is 27.3. The molecule has 1 fully saturated rings. The van der Waals surface area contributed by atoms with E-state index in [-0.39, 0.29) is 12.8 Å². The normalized spacial score (nSPS) is 21.7. The Balaban J connectivity index is 2.38. The van der Waals surface area contributed by atoms with E-state index < -0.39 is 80.3 Å². The van der Waals surface area contributed by atoms with E-state index in [0.29, 0.717) is 12.8 Å². The summed E-state index contributed by atoms with van der Waals surface area (Å²) in [7, 11) is 0. The maximum absolute atomic E-state index is 13.2. The zero-order valence-electron chi connectivity index (χ0n) is 39.7. The number of aliphatic hydroxyl groups excluding tert-OH is 8. The standard InChI is InChI=1S/C50H99NO11/c1-3-5-7-9-11-13-15-17-18-19-20-21-22-23-24-25-27-29-31-33-35-37-42(54)45(56)49(60)51-40(39-61-50-48(59)47(58)46(57)43(38-52)62-50)44(55)41(53)36-34-32-30-28-26-16-14-12-10-8-6-4-2/h40-48,50,52-59H,3-39H2,1-2H3,(H,51,60)/t40-,41+,42+,43+,44-,45+,46-,47-,48+,50-/m0/s1. The van der Waals surface area contributed by atoms with Crippen LogP contribution in [0.5, 0.6) is 0 Å². The molecule has 0 aromatic heterocycles. The van der Waals surface area contributed by atoms with Gasteiger partial charge in [-0.25, -0.2) is 0 Å². The fourth-order valence-corrected chi connectivity index (χ4v) is 8.65. The van der Waals surface area contributed by atoms with Crippen LogP contribution in [0.15, 0.2) is 0 Å². The first-order valence-electron chi connectivity index (χ1n) is 26.0. The first-order valence-corrected chi connectivity index (χ1v) is 26.0. The van der Waals surface area contributed by atoms with E-state index >= 15 is 0 Å². The minimum atomic E-state index is -1.78. The van der Waals surface area contributed by atoms with Gasteiger partial charge in [0.2, 0.25) is 0 Å². The van der Waals surface area contributed by atoms with Crippen molar-refractivity contribution in [1.29, 1.82) is 0 Å². The van der Waals surface area contributed by atoms with Gasteiger partial charge >= 0.3 is 0 Å². The second kappa shape index (κ2) is 40.4. The first kappa shape index (κ1) is 59.1. The molecule has 10 atom stereocenters. The van der Waals surface area contributed by atoms with Crippen molar-refractivity contribution in [3.63, 3.8) is 0 Å². The lowest BCUT2D eigenvalue weighted by atomic mass is 9.98. The van der Waals surface area contributed by atoms with E-state index in [1.54, 1.807) is 0 Å². The molecule has 0 aliphatic carbocycles. The molecule has 9 N–H and O–H groups in total. The molecular formula is C50H99NO11. The van der Waals surface area contributed by atoms with E-state index in [9.17, 15) is 45.6 Å². The molecule has 12 nitrogen and oxygen atoms in total. The summed E-state index contributed by atoms with van der Waals surface area (Å²) in [5, 5.41) is 86.4. The third-order valence-electron chi connectivity index (χ3n) is 13.0. The molecule has 1 heterocycles. The third-order valence-corrected chi connectivity index (χ3v) is 13.0. The largest absolute Gasteiger partial charge is 0.394 e. The van der Waals surface area contributed by atoms with Crippen molar-refractivity contribution in [3.05, 3.63) is 0 Å². The number of nitrogens with one attached hydrogen (secondary N) is 1. The second-order valence-electron chi connectivity index (χ2n) is 18.8. The number of unbranched alkanes of at least 4 members (excludes halogenated alkanes) is 31. The van der Waals surface area contributed by atoms with Crippen molar-refractivity contribution in [2.24, 2.45) is 0 Å². The van der Waals surface area contributed by atoms with Gasteiger partial charge in [-0.15, -0.1) is 0 Å². The summed E-state index contributed by atoms with van der Waals surface area (Å²) in [6, 6.07) is -1.28. The van der Waals surface area contributed by atoms with Gasteiger partial charge in [0.25, 0.3) is 5.91 Å². The molecule has 0 radical (unpaired) electrons. The summed E-state index contributed by atoms with van der Waals surface area (Å²) < 4.78 is 11.0. The van der Waals surface area contributed by atoms with E-state index in [0.717, 1.165) is 38.5 Å². The predicted molar refractivity (Wildman–Crippen MR) is 249 cm³/mol. The Morgan fingerprint density at radius 1 is 0.500 bits per heavy atom. The van der Waals surface area contributed by atoms with E-state index in [4.69, 9.17) is 9.47 Å². The molecule has 1 aliphatic heterocycles. The molecule has 370 valence electrons. The lowest BCUT2D eigenvalue weighted by Gasteiger charge is -2.40. The summed E-state index contributed by atoms with van der Waals surface area (Å²) in [5.74, 6) is -0.944. The first-order chi connectivity index (χ1) is 30.1. The molecule has 62 heavy (non-hydrogen) atoms. The van der Waals surface area contributed by atoms with Gasteiger partial charge < -0.3 is 55.6 Å². The number of carbonyl (C=O) groups excluding carboxylic acids is 1. The Labute approximate surface area is 378 Å². The van der Waals surface area contributed by atoms with Crippen molar-refractivity contribution in [2.75, 3.05) is 13.2 Å². The lowest BCUT2D eigenvalue weighted by molar-refractivity contribution is -0.303. The minimum absolute atomic E-state index is 0.226. The molecule has 12 heteroatoms. The Morgan fingerprint density at radius 3 is 1.19 bits per heavy atom. The van der Waals surface area contributed by atoms with Crippen molar-refractivity contribution in [2.45, 2.75) is 300 Å². The van der Waals surface area contributed by atoms with E-state index in [2.05, 4.69) is 19.2 Å². The van der Waals surface area contributed by atoms with Gasteiger partial charge in [-0.2, -0.15) is 0 Å². The lowest BCUT2D eigenvalue weighted by Crippen LogP contribution is -2.60. The van der Waals surface area contributed by atoms with Gasteiger partial charge in [0.15, 0.2) is 12.4 Å². The highest BCUT2D eigenvalue weighted by atomic mass is 16.7. The Bertz CT molecular complexity index is 993. The zero-order valence-corrected chi connectivity index (χ0v) is 39.7. The van der Waals surface area contributed by atoms with Crippen LogP contribution in [-0.2, 0) is 14.3 Å². The highest BCUT2D eigenvalue weighted by Crippen LogP contribution is 2.23. The molecule has 1 amide bonds. The summed E-state index contributed by atoms with van der Waals surface area (Å²) in [4.78, 5) is 13.2. The smallest absolute Gasteiger partial charge is 0.251 e. The van der Waals surface area contributed by atoms with Crippen molar-refractivity contribution in [3.8, 4) is 0 Å². The number of rotatable bonds is 44. The quantitative estimate of drug-likeness (QED) is 0.0265. The molecule has 0 unspecified atom stereocenters. The molecule has 1 aliphatic rings. The van der Waals surface area contributed by atoms with Crippen molar-refractivity contribution >= 4 is 5.91 Å². The third kappa shape index (κ3) is 28.9. The number of carbonyl (C=O) groups is 1. The highest BCUT2D eigenvalue weighted by molar-refractivity contribution is 5.81. The van der Waals surface area contributed by atoms with E-state index in [1.807, 2.05) is 0 Å². The van der Waals surface area contributed by atoms with Crippen molar-refractivity contribution < 1.29 is 55.1 Å². The fourth-order valence-electron chi connectivity index (χ4n) is 8.65. The second-order valence-corrected chi connectivity index (χ2v) is 18.8. The Kier molecular flexibility index (Phi) is 38.5.